The van der Waals surface area contributed by atoms with Crippen molar-refractivity contribution in [3.8, 4) is 17.1 Å². The van der Waals surface area contributed by atoms with Gasteiger partial charge in [0.1, 0.15) is 6.33 Å². The molecule has 1 aromatic heterocycles. The smallest absolute Gasteiger partial charge is 0.169 e. The fraction of sp³-hybridized carbons (Fsp3) is 0. The predicted molar refractivity (Wildman–Crippen MR) is 79.5 cm³/mol. The van der Waals surface area contributed by atoms with E-state index in [4.69, 9.17) is 11.6 Å². The first kappa shape index (κ1) is 12.4. The average molecular weight is 335 g/mol. The van der Waals surface area contributed by atoms with Gasteiger partial charge in [0.15, 0.2) is 5.82 Å². The molecule has 2 aromatic carbocycles. The number of nitrogens with zero attached hydrogens (tertiary/aromatic N) is 3. The van der Waals surface area contributed by atoms with E-state index in [9.17, 15) is 0 Å². The lowest BCUT2D eigenvalue weighted by molar-refractivity contribution is 1.06. The standard InChI is InChI=1S/C14H9BrClN3/c15-10-6-7-12(13(16)8-10)14-18-17-9-19(14)11-4-2-1-3-5-11/h1-9H. The Kier molecular flexibility index (Phi) is 3.36. The fourth-order valence-corrected chi connectivity index (χ4v) is 2.62. The molecule has 5 heteroatoms. The maximum atomic E-state index is 6.27. The number of hydrogen-bond donors (Lipinski definition) is 0. The number of aromatic nitrogens is 3. The maximum absolute atomic E-state index is 6.27. The minimum Gasteiger partial charge on any atom is -0.282 e. The number of hydrogen-bond acceptors (Lipinski definition) is 2. The molecule has 0 atom stereocenters. The Morgan fingerprint density at radius 1 is 1.05 bits per heavy atom. The summed E-state index contributed by atoms with van der Waals surface area (Å²) in [5, 5.41) is 8.79. The van der Waals surface area contributed by atoms with E-state index in [1.54, 1.807) is 6.33 Å². The van der Waals surface area contributed by atoms with Gasteiger partial charge in [-0.15, -0.1) is 10.2 Å². The summed E-state index contributed by atoms with van der Waals surface area (Å²) in [6.45, 7) is 0. The van der Waals surface area contributed by atoms with Gasteiger partial charge in [-0.05, 0) is 30.3 Å². The van der Waals surface area contributed by atoms with Crippen LogP contribution in [0, 0.1) is 0 Å². The molecule has 0 unspecified atom stereocenters. The molecular weight excluding hydrogens is 326 g/mol. The first-order valence-electron chi connectivity index (χ1n) is 5.66. The predicted octanol–water partition coefficient (Wildman–Crippen LogP) is 4.35. The highest BCUT2D eigenvalue weighted by Gasteiger charge is 2.12. The second kappa shape index (κ2) is 5.15. The Bertz CT molecular complexity index is 710. The van der Waals surface area contributed by atoms with Gasteiger partial charge >= 0.3 is 0 Å². The van der Waals surface area contributed by atoms with Gasteiger partial charge in [-0.3, -0.25) is 4.57 Å². The third kappa shape index (κ3) is 2.41. The Morgan fingerprint density at radius 2 is 1.84 bits per heavy atom. The van der Waals surface area contributed by atoms with Crippen molar-refractivity contribution in [3.63, 3.8) is 0 Å². The van der Waals surface area contributed by atoms with Crippen LogP contribution in [0.5, 0.6) is 0 Å². The van der Waals surface area contributed by atoms with E-state index in [0.29, 0.717) is 5.02 Å². The third-order valence-corrected chi connectivity index (χ3v) is 3.56. The molecule has 0 bridgehead atoms. The molecule has 0 spiro atoms. The highest BCUT2D eigenvalue weighted by atomic mass is 79.9. The molecule has 3 rings (SSSR count). The zero-order chi connectivity index (χ0) is 13.2. The molecule has 3 aromatic rings. The highest BCUT2D eigenvalue weighted by Crippen LogP contribution is 2.30. The van der Waals surface area contributed by atoms with Gasteiger partial charge in [0, 0.05) is 15.7 Å². The third-order valence-electron chi connectivity index (χ3n) is 2.75. The summed E-state index contributed by atoms with van der Waals surface area (Å²) in [5.74, 6) is 0.726. The normalized spacial score (nSPS) is 10.6. The number of rotatable bonds is 2. The molecular formula is C14H9BrClN3. The molecule has 0 fully saturated rings. The van der Waals surface area contributed by atoms with Crippen molar-refractivity contribution in [2.45, 2.75) is 0 Å². The molecule has 0 N–H and O–H groups in total. The molecule has 0 saturated carbocycles. The summed E-state index contributed by atoms with van der Waals surface area (Å²) in [7, 11) is 0. The van der Waals surface area contributed by atoms with Crippen molar-refractivity contribution in [2.24, 2.45) is 0 Å². The largest absolute Gasteiger partial charge is 0.282 e. The lowest BCUT2D eigenvalue weighted by Crippen LogP contribution is -1.96. The van der Waals surface area contributed by atoms with Crippen molar-refractivity contribution < 1.29 is 0 Å². The molecule has 1 heterocycles. The van der Waals surface area contributed by atoms with Gasteiger partial charge in [0.05, 0.1) is 5.02 Å². The summed E-state index contributed by atoms with van der Waals surface area (Å²) < 4.78 is 2.85. The topological polar surface area (TPSA) is 30.7 Å². The van der Waals surface area contributed by atoms with Gasteiger partial charge in [-0.25, -0.2) is 0 Å². The maximum Gasteiger partial charge on any atom is 0.169 e. The van der Waals surface area contributed by atoms with E-state index < -0.39 is 0 Å². The van der Waals surface area contributed by atoms with Gasteiger partial charge in [0.2, 0.25) is 0 Å². The Balaban J connectivity index is 2.15. The van der Waals surface area contributed by atoms with Crippen molar-refractivity contribution in [1.29, 1.82) is 0 Å². The summed E-state index contributed by atoms with van der Waals surface area (Å²) in [4.78, 5) is 0. The molecule has 19 heavy (non-hydrogen) atoms. The molecule has 0 radical (unpaired) electrons. The van der Waals surface area contributed by atoms with E-state index in [1.165, 1.54) is 0 Å². The first-order valence-corrected chi connectivity index (χ1v) is 6.83. The Morgan fingerprint density at radius 3 is 2.58 bits per heavy atom. The van der Waals surface area contributed by atoms with E-state index >= 15 is 0 Å². The second-order valence-electron chi connectivity index (χ2n) is 3.98. The molecule has 0 saturated heterocycles. The highest BCUT2D eigenvalue weighted by molar-refractivity contribution is 9.10. The van der Waals surface area contributed by atoms with Gasteiger partial charge in [-0.1, -0.05) is 45.7 Å². The number of halogens is 2. The average Bonchev–Trinajstić information content (AvgIpc) is 2.89. The second-order valence-corrected chi connectivity index (χ2v) is 5.31. The minimum atomic E-state index is 0.638. The SMILES string of the molecule is Clc1cc(Br)ccc1-c1nncn1-c1ccccc1. The quantitative estimate of drug-likeness (QED) is 0.697. The van der Waals surface area contributed by atoms with Crippen LogP contribution in [-0.2, 0) is 0 Å². The molecule has 0 amide bonds. The Labute approximate surface area is 124 Å². The number of benzene rings is 2. The molecule has 0 aliphatic heterocycles. The van der Waals surface area contributed by atoms with Gasteiger partial charge in [-0.2, -0.15) is 0 Å². The summed E-state index contributed by atoms with van der Waals surface area (Å²) in [5.41, 5.74) is 1.85. The zero-order valence-corrected chi connectivity index (χ0v) is 12.1. The van der Waals surface area contributed by atoms with Crippen LogP contribution in [0.2, 0.25) is 5.02 Å². The zero-order valence-electron chi connectivity index (χ0n) is 9.79. The van der Waals surface area contributed by atoms with Crippen molar-refractivity contribution in [2.75, 3.05) is 0 Å². The van der Waals surface area contributed by atoms with Gasteiger partial charge in [0.25, 0.3) is 0 Å². The minimum absolute atomic E-state index is 0.638. The van der Waals surface area contributed by atoms with E-state index in [-0.39, 0.29) is 0 Å². The van der Waals surface area contributed by atoms with Crippen molar-refractivity contribution in [1.82, 2.24) is 14.8 Å². The molecule has 3 nitrogen and oxygen atoms in total. The van der Waals surface area contributed by atoms with E-state index in [0.717, 1.165) is 21.5 Å². The first-order chi connectivity index (χ1) is 9.25. The summed E-state index contributed by atoms with van der Waals surface area (Å²) in [6, 6.07) is 15.6. The lowest BCUT2D eigenvalue weighted by atomic mass is 10.2. The van der Waals surface area contributed by atoms with Crippen molar-refractivity contribution in [3.05, 3.63) is 64.4 Å². The molecule has 94 valence electrons. The van der Waals surface area contributed by atoms with Crippen LogP contribution in [0.15, 0.2) is 59.3 Å². The monoisotopic (exact) mass is 333 g/mol. The van der Waals surface area contributed by atoms with Crippen LogP contribution in [0.25, 0.3) is 17.1 Å². The van der Waals surface area contributed by atoms with Crippen molar-refractivity contribution >= 4 is 27.5 Å². The van der Waals surface area contributed by atoms with E-state index in [1.807, 2.05) is 53.1 Å². The molecule has 0 aliphatic carbocycles. The Hall–Kier alpha value is -1.65. The van der Waals surface area contributed by atoms with Crippen LogP contribution in [0.4, 0.5) is 0 Å². The van der Waals surface area contributed by atoms with Crippen LogP contribution in [0.3, 0.4) is 0 Å². The molecule has 0 aliphatic rings. The van der Waals surface area contributed by atoms with Gasteiger partial charge < -0.3 is 0 Å². The lowest BCUT2D eigenvalue weighted by Gasteiger charge is -2.08. The summed E-state index contributed by atoms with van der Waals surface area (Å²) in [6.07, 6.45) is 1.68. The summed E-state index contributed by atoms with van der Waals surface area (Å²) >= 11 is 9.67. The fourth-order valence-electron chi connectivity index (χ4n) is 1.87. The van der Waals surface area contributed by atoms with Crippen LogP contribution in [0.1, 0.15) is 0 Å². The number of para-hydroxylation sites is 1. The van der Waals surface area contributed by atoms with Crippen LogP contribution in [-0.4, -0.2) is 14.8 Å². The van der Waals surface area contributed by atoms with E-state index in [2.05, 4.69) is 26.1 Å². The van der Waals surface area contributed by atoms with Crippen LogP contribution >= 0.6 is 27.5 Å². The van der Waals surface area contributed by atoms with Crippen LogP contribution < -0.4 is 0 Å².